The molecular weight excluding hydrogens is 352 g/mol. The highest BCUT2D eigenvalue weighted by Crippen LogP contribution is 2.16. The molecule has 1 aliphatic rings. The van der Waals surface area contributed by atoms with Gasteiger partial charge < -0.3 is 15.2 Å². The normalized spacial score (nSPS) is 15.6. The van der Waals surface area contributed by atoms with Gasteiger partial charge in [-0.2, -0.15) is 0 Å². The summed E-state index contributed by atoms with van der Waals surface area (Å²) in [6, 6.07) is 16.8. The molecule has 2 N–H and O–H groups in total. The van der Waals surface area contributed by atoms with Gasteiger partial charge in [-0.15, -0.1) is 0 Å². The van der Waals surface area contributed by atoms with Crippen molar-refractivity contribution < 1.29 is 4.79 Å². The molecule has 4 rings (SSSR count). The Morgan fingerprint density at radius 2 is 1.82 bits per heavy atom. The lowest BCUT2D eigenvalue weighted by molar-refractivity contribution is 0.102. The first-order valence-corrected chi connectivity index (χ1v) is 9.52. The third-order valence-corrected chi connectivity index (χ3v) is 5.19. The SMILES string of the molecule is CN1CCN(Cc2cccc(NC(=O)c3cc4ccccc4c(=O)[nH]3)c2)CC1. The van der Waals surface area contributed by atoms with Crippen LogP contribution in [0.1, 0.15) is 16.1 Å². The van der Waals surface area contributed by atoms with Crippen molar-refractivity contribution >= 4 is 22.4 Å². The first-order chi connectivity index (χ1) is 13.6. The summed E-state index contributed by atoms with van der Waals surface area (Å²) in [6.07, 6.45) is 0. The van der Waals surface area contributed by atoms with Gasteiger partial charge in [0.2, 0.25) is 0 Å². The number of likely N-dealkylation sites (N-methyl/N-ethyl adjacent to an activating group) is 1. The number of piperazine rings is 1. The van der Waals surface area contributed by atoms with E-state index >= 15 is 0 Å². The zero-order valence-electron chi connectivity index (χ0n) is 15.9. The van der Waals surface area contributed by atoms with E-state index in [9.17, 15) is 9.59 Å². The highest BCUT2D eigenvalue weighted by Gasteiger charge is 2.14. The minimum absolute atomic E-state index is 0.257. The maximum atomic E-state index is 12.7. The summed E-state index contributed by atoms with van der Waals surface area (Å²) in [5, 5.41) is 4.23. The fourth-order valence-electron chi connectivity index (χ4n) is 3.54. The fraction of sp³-hybridized carbons (Fsp3) is 0.273. The Hall–Kier alpha value is -2.96. The summed E-state index contributed by atoms with van der Waals surface area (Å²) in [4.78, 5) is 32.3. The van der Waals surface area contributed by atoms with Crippen LogP contribution in [0, 0.1) is 0 Å². The van der Waals surface area contributed by atoms with Crippen LogP contribution < -0.4 is 10.9 Å². The Morgan fingerprint density at radius 1 is 1.04 bits per heavy atom. The van der Waals surface area contributed by atoms with E-state index in [4.69, 9.17) is 0 Å². The van der Waals surface area contributed by atoms with E-state index in [1.165, 1.54) is 0 Å². The van der Waals surface area contributed by atoms with Gasteiger partial charge in [0.25, 0.3) is 11.5 Å². The molecule has 2 aromatic carbocycles. The molecule has 144 valence electrons. The number of anilines is 1. The lowest BCUT2D eigenvalue weighted by Crippen LogP contribution is -2.43. The van der Waals surface area contributed by atoms with Gasteiger partial charge in [-0.25, -0.2) is 0 Å². The number of amides is 1. The van der Waals surface area contributed by atoms with E-state index in [0.717, 1.165) is 49.4 Å². The Morgan fingerprint density at radius 3 is 2.64 bits per heavy atom. The number of aromatic amines is 1. The Labute approximate surface area is 163 Å². The van der Waals surface area contributed by atoms with Crippen molar-refractivity contribution in [2.24, 2.45) is 0 Å². The molecule has 0 unspecified atom stereocenters. The molecule has 1 fully saturated rings. The molecule has 3 aromatic rings. The fourth-order valence-corrected chi connectivity index (χ4v) is 3.54. The van der Waals surface area contributed by atoms with E-state index in [2.05, 4.69) is 33.2 Å². The van der Waals surface area contributed by atoms with Crippen molar-refractivity contribution in [3.05, 3.63) is 76.2 Å². The highest BCUT2D eigenvalue weighted by molar-refractivity contribution is 6.04. The number of pyridine rings is 1. The first-order valence-electron chi connectivity index (χ1n) is 9.52. The number of carbonyl (C=O) groups is 1. The van der Waals surface area contributed by atoms with E-state index in [1.54, 1.807) is 12.1 Å². The number of aromatic nitrogens is 1. The minimum atomic E-state index is -0.320. The molecule has 0 aliphatic carbocycles. The Bertz CT molecular complexity index is 1050. The summed E-state index contributed by atoms with van der Waals surface area (Å²) >= 11 is 0. The number of carbonyl (C=O) groups excluding carboxylic acids is 1. The van der Waals surface area contributed by atoms with Gasteiger partial charge in [-0.05, 0) is 42.3 Å². The predicted molar refractivity (Wildman–Crippen MR) is 112 cm³/mol. The van der Waals surface area contributed by atoms with Crippen molar-refractivity contribution in [3.8, 4) is 0 Å². The number of hydrogen-bond acceptors (Lipinski definition) is 4. The largest absolute Gasteiger partial charge is 0.321 e. The van der Waals surface area contributed by atoms with Crippen LogP contribution in [0.25, 0.3) is 10.8 Å². The summed E-state index contributed by atoms with van der Waals surface area (Å²) in [7, 11) is 2.14. The maximum absolute atomic E-state index is 12.7. The zero-order chi connectivity index (χ0) is 19.5. The average Bonchev–Trinajstić information content (AvgIpc) is 2.70. The second-order valence-electron chi connectivity index (χ2n) is 7.33. The lowest BCUT2D eigenvalue weighted by Gasteiger charge is -2.32. The van der Waals surface area contributed by atoms with Crippen LogP contribution in [-0.4, -0.2) is 53.9 Å². The summed E-state index contributed by atoms with van der Waals surface area (Å²) < 4.78 is 0. The van der Waals surface area contributed by atoms with E-state index in [-0.39, 0.29) is 17.2 Å². The predicted octanol–water partition coefficient (Wildman–Crippen LogP) is 2.53. The highest BCUT2D eigenvalue weighted by atomic mass is 16.2. The Balaban J connectivity index is 1.48. The van der Waals surface area contributed by atoms with Gasteiger partial charge in [0.05, 0.1) is 0 Å². The van der Waals surface area contributed by atoms with Crippen LogP contribution in [0.4, 0.5) is 5.69 Å². The molecule has 0 atom stereocenters. The van der Waals surface area contributed by atoms with Gasteiger partial charge in [0.1, 0.15) is 5.69 Å². The van der Waals surface area contributed by atoms with Gasteiger partial charge in [-0.1, -0.05) is 30.3 Å². The summed E-state index contributed by atoms with van der Waals surface area (Å²) in [6.45, 7) is 5.11. The third kappa shape index (κ3) is 4.13. The van der Waals surface area contributed by atoms with Crippen LogP contribution in [-0.2, 0) is 6.54 Å². The van der Waals surface area contributed by atoms with Crippen molar-refractivity contribution in [2.75, 3.05) is 38.5 Å². The lowest BCUT2D eigenvalue weighted by atomic mass is 10.1. The van der Waals surface area contributed by atoms with Gasteiger partial charge in [0.15, 0.2) is 0 Å². The molecule has 1 saturated heterocycles. The Kier molecular flexibility index (Phi) is 5.23. The van der Waals surface area contributed by atoms with Crippen molar-refractivity contribution in [1.29, 1.82) is 0 Å². The molecule has 6 heteroatoms. The average molecular weight is 376 g/mol. The molecule has 1 amide bonds. The molecule has 2 heterocycles. The van der Waals surface area contributed by atoms with E-state index in [1.807, 2.05) is 36.4 Å². The van der Waals surface area contributed by atoms with Gasteiger partial charge in [0, 0.05) is 43.8 Å². The van der Waals surface area contributed by atoms with Crippen molar-refractivity contribution in [2.45, 2.75) is 6.54 Å². The van der Waals surface area contributed by atoms with Gasteiger partial charge in [-0.3, -0.25) is 14.5 Å². The number of nitrogens with one attached hydrogen (secondary N) is 2. The second kappa shape index (κ2) is 7.96. The molecule has 6 nitrogen and oxygen atoms in total. The van der Waals surface area contributed by atoms with Crippen LogP contribution in [0.3, 0.4) is 0 Å². The topological polar surface area (TPSA) is 68.4 Å². The third-order valence-electron chi connectivity index (χ3n) is 5.19. The van der Waals surface area contributed by atoms with Crippen LogP contribution in [0.15, 0.2) is 59.4 Å². The number of nitrogens with zero attached hydrogens (tertiary/aromatic N) is 2. The molecule has 0 spiro atoms. The number of fused-ring (bicyclic) bond motifs is 1. The quantitative estimate of drug-likeness (QED) is 0.734. The number of hydrogen-bond donors (Lipinski definition) is 2. The maximum Gasteiger partial charge on any atom is 0.272 e. The number of H-pyrrole nitrogens is 1. The zero-order valence-corrected chi connectivity index (χ0v) is 15.9. The van der Waals surface area contributed by atoms with E-state index < -0.39 is 0 Å². The molecule has 28 heavy (non-hydrogen) atoms. The van der Waals surface area contributed by atoms with Crippen LogP contribution >= 0.6 is 0 Å². The second-order valence-corrected chi connectivity index (χ2v) is 7.33. The molecular formula is C22H24N4O2. The summed E-state index contributed by atoms with van der Waals surface area (Å²) in [5.41, 5.74) is 1.89. The molecule has 1 aliphatic heterocycles. The molecule has 0 radical (unpaired) electrons. The monoisotopic (exact) mass is 376 g/mol. The number of rotatable bonds is 4. The van der Waals surface area contributed by atoms with Crippen LogP contribution in [0.2, 0.25) is 0 Å². The molecule has 0 bridgehead atoms. The molecule has 0 saturated carbocycles. The van der Waals surface area contributed by atoms with Crippen molar-refractivity contribution in [3.63, 3.8) is 0 Å². The standard InChI is InChI=1S/C22H24N4O2/c1-25-9-11-26(12-10-25)15-16-5-4-7-18(13-16)23-22(28)20-14-17-6-2-3-8-19(17)21(27)24-20/h2-8,13-14H,9-12,15H2,1H3,(H,23,28)(H,24,27). The minimum Gasteiger partial charge on any atom is -0.321 e. The number of benzene rings is 2. The van der Waals surface area contributed by atoms with Gasteiger partial charge >= 0.3 is 0 Å². The summed E-state index contributed by atoms with van der Waals surface area (Å²) in [5.74, 6) is -0.320. The van der Waals surface area contributed by atoms with E-state index in [0.29, 0.717) is 5.39 Å². The smallest absolute Gasteiger partial charge is 0.272 e. The molecule has 1 aromatic heterocycles. The van der Waals surface area contributed by atoms with Crippen LogP contribution in [0.5, 0.6) is 0 Å². The van der Waals surface area contributed by atoms with Crippen molar-refractivity contribution in [1.82, 2.24) is 14.8 Å². The first kappa shape index (κ1) is 18.4.